The number of rotatable bonds is 4. The molecule has 2 rings (SSSR count). The molecule has 1 aromatic carbocycles. The van der Waals surface area contributed by atoms with Crippen molar-refractivity contribution in [2.45, 2.75) is 25.2 Å². The van der Waals surface area contributed by atoms with Gasteiger partial charge in [-0.3, -0.25) is 4.79 Å². The van der Waals surface area contributed by atoms with Crippen LogP contribution in [0.25, 0.3) is 0 Å². The van der Waals surface area contributed by atoms with Gasteiger partial charge in [-0.25, -0.2) is 0 Å². The summed E-state index contributed by atoms with van der Waals surface area (Å²) in [6, 6.07) is 2.37. The van der Waals surface area contributed by atoms with Gasteiger partial charge in [0.25, 0.3) is 11.6 Å². The van der Waals surface area contributed by atoms with E-state index in [1.807, 2.05) is 0 Å². The Morgan fingerprint density at radius 3 is 2.12 bits per heavy atom. The molecular weight excluding hydrogens is 345 g/mol. The van der Waals surface area contributed by atoms with Gasteiger partial charge in [0.15, 0.2) is 11.5 Å². The third kappa shape index (κ3) is 3.09. The fraction of sp³-hybridized carbons (Fsp3) is 0.467. The average Bonchev–Trinajstić information content (AvgIpc) is 2.88. The molecule has 1 heterocycles. The summed E-state index contributed by atoms with van der Waals surface area (Å²) < 4.78 is 55.1. The summed E-state index contributed by atoms with van der Waals surface area (Å²) >= 11 is 0. The van der Waals surface area contributed by atoms with Crippen LogP contribution in [-0.2, 0) is 0 Å². The van der Waals surface area contributed by atoms with Crippen LogP contribution in [0, 0.1) is 0 Å². The first-order chi connectivity index (χ1) is 11.6. The van der Waals surface area contributed by atoms with Crippen LogP contribution in [0.4, 0.5) is 13.2 Å². The van der Waals surface area contributed by atoms with Crippen LogP contribution in [0.3, 0.4) is 0 Å². The number of halogens is 3. The van der Waals surface area contributed by atoms with Crippen molar-refractivity contribution in [1.29, 1.82) is 0 Å². The summed E-state index contributed by atoms with van der Waals surface area (Å²) in [4.78, 5) is 12.6. The van der Waals surface area contributed by atoms with Crippen LogP contribution < -0.4 is 14.2 Å². The Balaban J connectivity index is 2.53. The smallest absolute Gasteiger partial charge is 0.438 e. The number of carbonyl (C=O) groups is 1. The molecule has 1 aliphatic heterocycles. The van der Waals surface area contributed by atoms with Gasteiger partial charge in [-0.2, -0.15) is 23.3 Å². The molecule has 0 aliphatic carbocycles. The number of aliphatic hydroxyl groups is 1. The minimum atomic E-state index is -5.08. The van der Waals surface area contributed by atoms with Crippen molar-refractivity contribution in [3.05, 3.63) is 17.7 Å². The van der Waals surface area contributed by atoms with E-state index in [9.17, 15) is 23.1 Å². The second-order valence-electron chi connectivity index (χ2n) is 5.36. The van der Waals surface area contributed by atoms with Crippen molar-refractivity contribution in [2.24, 2.45) is 5.10 Å². The highest BCUT2D eigenvalue weighted by molar-refractivity contribution is 5.98. The van der Waals surface area contributed by atoms with Crippen LogP contribution in [-0.4, -0.2) is 55.0 Å². The number of ether oxygens (including phenoxy) is 3. The summed E-state index contributed by atoms with van der Waals surface area (Å²) in [5, 5.41) is 13.6. The molecule has 1 aromatic rings. The number of hydrazone groups is 1. The van der Waals surface area contributed by atoms with Gasteiger partial charge in [0.2, 0.25) is 5.75 Å². The van der Waals surface area contributed by atoms with Crippen LogP contribution in [0.1, 0.15) is 23.7 Å². The largest absolute Gasteiger partial charge is 0.493 e. The maximum absolute atomic E-state index is 13.3. The summed E-state index contributed by atoms with van der Waals surface area (Å²) in [6.45, 7) is 1.29. The molecule has 1 amide bonds. The number of methoxy groups -OCH3 is 3. The number of benzene rings is 1. The van der Waals surface area contributed by atoms with Crippen LogP contribution in [0.2, 0.25) is 0 Å². The minimum absolute atomic E-state index is 0.0272. The molecule has 1 atom stereocenters. The summed E-state index contributed by atoms with van der Waals surface area (Å²) in [5.41, 5.74) is -3.65. The lowest BCUT2D eigenvalue weighted by Gasteiger charge is -2.32. The van der Waals surface area contributed by atoms with E-state index in [4.69, 9.17) is 14.2 Å². The fourth-order valence-corrected chi connectivity index (χ4v) is 2.48. The molecule has 1 N–H and O–H groups in total. The van der Waals surface area contributed by atoms with Gasteiger partial charge in [-0.15, -0.1) is 0 Å². The lowest BCUT2D eigenvalue weighted by Crippen LogP contribution is -2.56. The quantitative estimate of drug-likeness (QED) is 0.888. The highest BCUT2D eigenvalue weighted by atomic mass is 19.4. The molecular formula is C15H17F3N2O5. The molecule has 0 fully saturated rings. The SMILES string of the molecule is COc1cc(C(=O)N2N=C(C)C[C@@]2(O)C(F)(F)F)cc(OC)c1OC. The van der Waals surface area contributed by atoms with E-state index in [2.05, 4.69) is 5.10 Å². The first-order valence-corrected chi connectivity index (χ1v) is 7.06. The zero-order valence-corrected chi connectivity index (χ0v) is 14.0. The van der Waals surface area contributed by atoms with Crippen molar-refractivity contribution in [3.8, 4) is 17.2 Å². The standard InChI is InChI=1S/C15H17F3N2O5/c1-8-7-14(22,15(16,17)18)20(19-8)13(21)9-5-10(23-2)12(25-4)11(6-9)24-3/h5-6,22H,7H2,1-4H3/t14-/m1/s1. The predicted molar refractivity (Wildman–Crippen MR) is 81.0 cm³/mol. The number of nitrogens with zero attached hydrogens (tertiary/aromatic N) is 2. The van der Waals surface area contributed by atoms with Crippen molar-refractivity contribution in [1.82, 2.24) is 5.01 Å². The third-order valence-electron chi connectivity index (χ3n) is 3.68. The van der Waals surface area contributed by atoms with E-state index in [0.717, 1.165) is 0 Å². The normalized spacial score (nSPS) is 20.3. The minimum Gasteiger partial charge on any atom is -0.493 e. The number of alkyl halides is 3. The average molecular weight is 362 g/mol. The van der Waals surface area contributed by atoms with E-state index in [-0.39, 0.29) is 33.5 Å². The van der Waals surface area contributed by atoms with Crippen molar-refractivity contribution in [3.63, 3.8) is 0 Å². The van der Waals surface area contributed by atoms with Gasteiger partial charge in [0.05, 0.1) is 21.3 Å². The maximum atomic E-state index is 13.3. The van der Waals surface area contributed by atoms with E-state index in [0.29, 0.717) is 0 Å². The molecule has 0 bridgehead atoms. The molecule has 0 radical (unpaired) electrons. The van der Waals surface area contributed by atoms with Crippen LogP contribution in [0.5, 0.6) is 17.2 Å². The Kier molecular flexibility index (Phi) is 4.85. The van der Waals surface area contributed by atoms with Gasteiger partial charge in [-0.05, 0) is 19.1 Å². The Morgan fingerprint density at radius 2 is 1.72 bits per heavy atom. The fourth-order valence-electron chi connectivity index (χ4n) is 2.48. The number of amides is 1. The van der Waals surface area contributed by atoms with Crippen molar-refractivity contribution >= 4 is 11.6 Å². The summed E-state index contributed by atoms with van der Waals surface area (Å²) in [5.74, 6) is -0.814. The summed E-state index contributed by atoms with van der Waals surface area (Å²) in [6.07, 6.45) is -5.91. The molecule has 0 saturated heterocycles. The second kappa shape index (κ2) is 6.43. The highest BCUT2D eigenvalue weighted by Crippen LogP contribution is 2.43. The molecule has 0 aromatic heterocycles. The molecule has 0 spiro atoms. The molecule has 10 heteroatoms. The first-order valence-electron chi connectivity index (χ1n) is 7.06. The van der Waals surface area contributed by atoms with Crippen LogP contribution in [0.15, 0.2) is 17.2 Å². The Labute approximate surface area is 141 Å². The lowest BCUT2D eigenvalue weighted by molar-refractivity contribution is -0.297. The Hall–Kier alpha value is -2.49. The van der Waals surface area contributed by atoms with Gasteiger partial charge in [0.1, 0.15) is 0 Å². The molecule has 0 saturated carbocycles. The molecule has 7 nitrogen and oxygen atoms in total. The molecule has 1 aliphatic rings. The van der Waals surface area contributed by atoms with E-state index < -0.39 is 24.2 Å². The van der Waals surface area contributed by atoms with Gasteiger partial charge >= 0.3 is 6.18 Å². The molecule has 25 heavy (non-hydrogen) atoms. The van der Waals surface area contributed by atoms with Crippen molar-refractivity contribution < 1.29 is 37.3 Å². The highest BCUT2D eigenvalue weighted by Gasteiger charge is 2.62. The third-order valence-corrected chi connectivity index (χ3v) is 3.68. The topological polar surface area (TPSA) is 80.6 Å². The summed E-state index contributed by atoms with van der Waals surface area (Å²) in [7, 11) is 3.95. The monoisotopic (exact) mass is 362 g/mol. The first kappa shape index (κ1) is 18.8. The Morgan fingerprint density at radius 1 is 1.20 bits per heavy atom. The maximum Gasteiger partial charge on any atom is 0.438 e. The van der Waals surface area contributed by atoms with Crippen LogP contribution >= 0.6 is 0 Å². The molecule has 138 valence electrons. The van der Waals surface area contributed by atoms with Gasteiger partial charge in [0, 0.05) is 17.7 Å². The van der Waals surface area contributed by atoms with Gasteiger partial charge < -0.3 is 19.3 Å². The zero-order valence-electron chi connectivity index (χ0n) is 14.0. The van der Waals surface area contributed by atoms with Gasteiger partial charge in [-0.1, -0.05) is 0 Å². The Bertz CT molecular complexity index is 695. The lowest BCUT2D eigenvalue weighted by atomic mass is 10.1. The second-order valence-corrected chi connectivity index (χ2v) is 5.36. The predicted octanol–water partition coefficient (Wildman–Crippen LogP) is 2.19. The number of hydrogen-bond donors (Lipinski definition) is 1. The van der Waals surface area contributed by atoms with E-state index in [1.54, 1.807) is 0 Å². The zero-order chi connectivity index (χ0) is 19.0. The number of hydrogen-bond acceptors (Lipinski definition) is 6. The van der Waals surface area contributed by atoms with E-state index in [1.165, 1.54) is 40.4 Å². The van der Waals surface area contributed by atoms with Crippen molar-refractivity contribution in [2.75, 3.05) is 21.3 Å². The molecule has 0 unspecified atom stereocenters. The van der Waals surface area contributed by atoms with E-state index >= 15 is 0 Å². The number of carbonyl (C=O) groups excluding carboxylic acids is 1.